The maximum Gasteiger partial charge on any atom is 0.264 e. The molecule has 6 heteroatoms. The normalized spacial score (nSPS) is 39.6. The van der Waals surface area contributed by atoms with Crippen LogP contribution >= 0.6 is 11.8 Å². The third-order valence-corrected chi connectivity index (χ3v) is 9.36. The van der Waals surface area contributed by atoms with Gasteiger partial charge in [-0.15, -0.1) is 0 Å². The third kappa shape index (κ3) is 3.12. The summed E-state index contributed by atoms with van der Waals surface area (Å²) in [4.78, 5) is 31.7. The minimum Gasteiger partial charge on any atom is -0.361 e. The Hall–Kier alpha value is -1.04. The number of nitrogens with zero attached hydrogens (tertiary/aromatic N) is 2. The number of thioether (sulfide) groups is 1. The first-order valence-electron chi connectivity index (χ1n) is 10.9. The lowest BCUT2D eigenvalue weighted by atomic mass is 9.81. The molecule has 0 aromatic heterocycles. The number of piperidine rings is 1. The van der Waals surface area contributed by atoms with Crippen molar-refractivity contribution in [3.8, 4) is 0 Å². The van der Waals surface area contributed by atoms with Crippen molar-refractivity contribution in [1.29, 1.82) is 0 Å². The van der Waals surface area contributed by atoms with Crippen molar-refractivity contribution in [2.45, 2.75) is 75.5 Å². The zero-order chi connectivity index (χ0) is 18.6. The molecular formula is C21H31N3O2S. The number of rotatable bonds is 3. The lowest BCUT2D eigenvalue weighted by molar-refractivity contribution is -0.139. The van der Waals surface area contributed by atoms with Crippen LogP contribution in [0, 0.1) is 23.7 Å². The van der Waals surface area contributed by atoms with E-state index in [1.165, 1.54) is 32.1 Å². The maximum absolute atomic E-state index is 12.8. The molecule has 0 spiro atoms. The fourth-order valence-corrected chi connectivity index (χ4v) is 7.21. The average Bonchev–Trinajstić information content (AvgIpc) is 3.29. The standard InChI is InChI=1S/C21H31N3O2S/c1-21(16-7-9-24(10-8-16)18(25)14-3-2-4-14)19(26)23-20(27-21)22-17-12-13-5-6-15(17)11-13/h13-17H,2-12H2,1H3,(H,22,23,26)/t13-,15-,17-,21?/m0/s1. The van der Waals surface area contributed by atoms with Crippen molar-refractivity contribution in [3.05, 3.63) is 0 Å². The van der Waals surface area contributed by atoms with Gasteiger partial charge in [-0.1, -0.05) is 24.6 Å². The Kier molecular flexibility index (Phi) is 4.53. The van der Waals surface area contributed by atoms with Gasteiger partial charge in [0.25, 0.3) is 5.91 Å². The van der Waals surface area contributed by atoms with Gasteiger partial charge in [0.15, 0.2) is 5.17 Å². The van der Waals surface area contributed by atoms with Gasteiger partial charge in [-0.05, 0) is 69.6 Å². The summed E-state index contributed by atoms with van der Waals surface area (Å²) in [5.41, 5.74) is 0. The number of amidine groups is 1. The van der Waals surface area contributed by atoms with Crippen molar-refractivity contribution in [2.24, 2.45) is 28.7 Å². The quantitative estimate of drug-likeness (QED) is 0.805. The Balaban J connectivity index is 1.17. The molecule has 2 aliphatic heterocycles. The number of amides is 2. The molecule has 4 atom stereocenters. The van der Waals surface area contributed by atoms with Crippen LogP contribution in [0.1, 0.15) is 64.7 Å². The molecule has 2 amide bonds. The number of carbonyl (C=O) groups is 2. The number of aliphatic imine (C=N–C) groups is 1. The molecule has 5 nitrogen and oxygen atoms in total. The topological polar surface area (TPSA) is 61.8 Å². The van der Waals surface area contributed by atoms with E-state index in [0.29, 0.717) is 17.9 Å². The number of likely N-dealkylation sites (tertiary alicyclic amines) is 1. The highest BCUT2D eigenvalue weighted by atomic mass is 32.2. The second kappa shape index (κ2) is 6.78. The van der Waals surface area contributed by atoms with Crippen LogP contribution in [-0.2, 0) is 9.59 Å². The molecule has 4 fully saturated rings. The summed E-state index contributed by atoms with van der Waals surface area (Å²) in [5.74, 6) is 2.64. The van der Waals surface area contributed by atoms with E-state index < -0.39 is 4.75 Å². The second-order valence-electron chi connectivity index (χ2n) is 9.58. The van der Waals surface area contributed by atoms with E-state index in [1.54, 1.807) is 11.8 Å². The van der Waals surface area contributed by atoms with Gasteiger partial charge in [-0.25, -0.2) is 0 Å². The van der Waals surface area contributed by atoms with Gasteiger partial charge in [-0.2, -0.15) is 4.99 Å². The second-order valence-corrected chi connectivity index (χ2v) is 11.0. The first-order valence-corrected chi connectivity index (χ1v) is 11.7. The van der Waals surface area contributed by atoms with Crippen molar-refractivity contribution < 1.29 is 9.59 Å². The number of hydrogen-bond donors (Lipinski definition) is 1. The van der Waals surface area contributed by atoms with Gasteiger partial charge < -0.3 is 10.2 Å². The van der Waals surface area contributed by atoms with Crippen molar-refractivity contribution in [3.63, 3.8) is 0 Å². The molecule has 0 radical (unpaired) electrons. The minimum atomic E-state index is -0.453. The van der Waals surface area contributed by atoms with E-state index in [2.05, 4.69) is 17.2 Å². The third-order valence-electron chi connectivity index (χ3n) is 8.02. The van der Waals surface area contributed by atoms with Gasteiger partial charge >= 0.3 is 0 Å². The smallest absolute Gasteiger partial charge is 0.264 e. The molecule has 0 aromatic rings. The average molecular weight is 390 g/mol. The summed E-state index contributed by atoms with van der Waals surface area (Å²) in [6.45, 7) is 3.68. The molecule has 27 heavy (non-hydrogen) atoms. The van der Waals surface area contributed by atoms with Crippen molar-refractivity contribution in [2.75, 3.05) is 13.1 Å². The predicted octanol–water partition coefficient (Wildman–Crippen LogP) is 3.19. The van der Waals surface area contributed by atoms with Crippen LogP contribution in [0.25, 0.3) is 0 Å². The lowest BCUT2D eigenvalue weighted by Crippen LogP contribution is -2.48. The predicted molar refractivity (Wildman–Crippen MR) is 107 cm³/mol. The highest BCUT2D eigenvalue weighted by molar-refractivity contribution is 8.16. The summed E-state index contributed by atoms with van der Waals surface area (Å²) in [5, 5.41) is 4.47. The molecule has 1 N–H and O–H groups in total. The summed E-state index contributed by atoms with van der Waals surface area (Å²) in [6.07, 6.45) is 10.5. The molecule has 148 valence electrons. The molecule has 1 unspecified atom stereocenters. The van der Waals surface area contributed by atoms with Crippen LogP contribution in [0.4, 0.5) is 0 Å². The molecule has 5 aliphatic rings. The Morgan fingerprint density at radius 1 is 1.15 bits per heavy atom. The van der Waals surface area contributed by atoms with Gasteiger partial charge in [-0.3, -0.25) is 9.59 Å². The molecular weight excluding hydrogens is 358 g/mol. The number of carbonyl (C=O) groups excluding carboxylic acids is 2. The largest absolute Gasteiger partial charge is 0.361 e. The van der Waals surface area contributed by atoms with Gasteiger partial charge in [0.1, 0.15) is 4.75 Å². The molecule has 0 aromatic carbocycles. The zero-order valence-corrected chi connectivity index (χ0v) is 17.1. The summed E-state index contributed by atoms with van der Waals surface area (Å²) < 4.78 is -0.453. The number of fused-ring (bicyclic) bond motifs is 2. The van der Waals surface area contributed by atoms with Crippen LogP contribution < -0.4 is 5.32 Å². The Bertz CT molecular complexity index is 668. The first kappa shape index (κ1) is 18.0. The van der Waals surface area contributed by atoms with Crippen LogP contribution in [0.5, 0.6) is 0 Å². The molecule has 5 rings (SSSR count). The van der Waals surface area contributed by atoms with Crippen LogP contribution in [-0.4, -0.2) is 45.8 Å². The molecule has 3 saturated carbocycles. The van der Waals surface area contributed by atoms with Gasteiger partial charge in [0, 0.05) is 25.0 Å². The summed E-state index contributed by atoms with van der Waals surface area (Å²) >= 11 is 1.66. The van der Waals surface area contributed by atoms with E-state index in [9.17, 15) is 9.59 Å². The minimum absolute atomic E-state index is 0.0296. The summed E-state index contributed by atoms with van der Waals surface area (Å²) in [6, 6.07) is 0.520. The van der Waals surface area contributed by atoms with E-state index in [-0.39, 0.29) is 11.8 Å². The molecule has 1 saturated heterocycles. The molecule has 2 bridgehead atoms. The highest BCUT2D eigenvalue weighted by Crippen LogP contribution is 2.47. The number of nitrogens with one attached hydrogen (secondary N) is 1. The fourth-order valence-electron chi connectivity index (χ4n) is 5.93. The van der Waals surface area contributed by atoms with Gasteiger partial charge in [0.05, 0.1) is 0 Å². The Morgan fingerprint density at radius 3 is 2.52 bits per heavy atom. The summed E-state index contributed by atoms with van der Waals surface area (Å²) in [7, 11) is 0. The Labute approximate surface area is 166 Å². The van der Waals surface area contributed by atoms with Gasteiger partial charge in [0.2, 0.25) is 5.91 Å². The van der Waals surface area contributed by atoms with Crippen molar-refractivity contribution >= 4 is 28.7 Å². The van der Waals surface area contributed by atoms with Crippen LogP contribution in [0.2, 0.25) is 0 Å². The lowest BCUT2D eigenvalue weighted by Gasteiger charge is -2.40. The monoisotopic (exact) mass is 389 g/mol. The number of hydrogen-bond acceptors (Lipinski definition) is 4. The van der Waals surface area contributed by atoms with Crippen molar-refractivity contribution in [1.82, 2.24) is 10.2 Å². The fraction of sp³-hybridized carbons (Fsp3) is 0.857. The van der Waals surface area contributed by atoms with E-state index in [0.717, 1.165) is 55.8 Å². The zero-order valence-electron chi connectivity index (χ0n) is 16.3. The highest BCUT2D eigenvalue weighted by Gasteiger charge is 2.50. The molecule has 2 heterocycles. The Morgan fingerprint density at radius 2 is 1.93 bits per heavy atom. The van der Waals surface area contributed by atoms with E-state index >= 15 is 0 Å². The molecule has 3 aliphatic carbocycles. The van der Waals surface area contributed by atoms with Crippen LogP contribution in [0.3, 0.4) is 0 Å². The van der Waals surface area contributed by atoms with E-state index in [4.69, 9.17) is 0 Å². The van der Waals surface area contributed by atoms with Crippen LogP contribution in [0.15, 0.2) is 4.99 Å². The SMILES string of the molecule is CC1(C2CCN(C(=O)C3CCC3)CC2)SC(N[C@H]2C[C@H]3CC[C@H]2C3)=NC1=O. The van der Waals surface area contributed by atoms with E-state index in [1.807, 2.05) is 4.90 Å². The maximum atomic E-state index is 12.8. The first-order chi connectivity index (χ1) is 13.0.